The van der Waals surface area contributed by atoms with Gasteiger partial charge in [0.15, 0.2) is 0 Å². The van der Waals surface area contributed by atoms with Gasteiger partial charge in [-0.1, -0.05) is 30.3 Å². The van der Waals surface area contributed by atoms with Crippen molar-refractivity contribution in [3.8, 4) is 0 Å². The molecule has 94 valence electrons. The van der Waals surface area contributed by atoms with Crippen LogP contribution in [0.25, 0.3) is 0 Å². The molecule has 1 N–H and O–H groups in total. The van der Waals surface area contributed by atoms with Gasteiger partial charge in [0.2, 0.25) is 0 Å². The predicted molar refractivity (Wildman–Crippen MR) is 65.7 cm³/mol. The molecule has 1 saturated carbocycles. The van der Waals surface area contributed by atoms with Crippen LogP contribution in [0, 0.1) is 0 Å². The van der Waals surface area contributed by atoms with Crippen LogP contribution in [0.3, 0.4) is 0 Å². The highest BCUT2D eigenvalue weighted by atomic mass is 16.5. The quantitative estimate of drug-likeness (QED) is 0.870. The summed E-state index contributed by atoms with van der Waals surface area (Å²) in [6.45, 7) is 0.555. The molecule has 0 amide bonds. The van der Waals surface area contributed by atoms with Crippen LogP contribution in [0.5, 0.6) is 0 Å². The zero-order chi connectivity index (χ0) is 12.1. The minimum atomic E-state index is -0.502. The lowest BCUT2D eigenvalue weighted by Gasteiger charge is -2.33. The lowest BCUT2D eigenvalue weighted by Crippen LogP contribution is -2.43. The molecule has 0 bridgehead atoms. The Bertz CT molecular complexity index is 325. The van der Waals surface area contributed by atoms with Crippen LogP contribution in [0.1, 0.15) is 24.8 Å². The fourth-order valence-corrected chi connectivity index (χ4v) is 2.32. The van der Waals surface area contributed by atoms with Crippen LogP contribution in [0.4, 0.5) is 0 Å². The Kier molecular flexibility index (Phi) is 4.54. The van der Waals surface area contributed by atoms with Gasteiger partial charge in [0.05, 0.1) is 18.8 Å². The first-order valence-electron chi connectivity index (χ1n) is 6.17. The lowest BCUT2D eigenvalue weighted by molar-refractivity contribution is -0.128. The Balaban J connectivity index is 1.86. The number of hydrogen-bond acceptors (Lipinski definition) is 3. The third-order valence-corrected chi connectivity index (χ3v) is 3.35. The number of aliphatic hydroxyl groups excluding tert-OH is 1. The molecular formula is C14H20O3. The molecule has 3 unspecified atom stereocenters. The van der Waals surface area contributed by atoms with Crippen molar-refractivity contribution in [2.45, 2.75) is 44.2 Å². The molecule has 0 saturated heterocycles. The second-order valence-corrected chi connectivity index (χ2v) is 4.53. The Morgan fingerprint density at radius 2 is 1.88 bits per heavy atom. The standard InChI is InChI=1S/C14H20O3/c1-16-12-8-5-9-13(14(12)15)17-10-11-6-3-2-4-7-11/h2-4,6-7,12-15H,5,8-10H2,1H3. The molecule has 0 aliphatic heterocycles. The smallest absolute Gasteiger partial charge is 0.106 e. The average Bonchev–Trinajstić information content (AvgIpc) is 2.39. The van der Waals surface area contributed by atoms with E-state index in [1.54, 1.807) is 7.11 Å². The first-order valence-corrected chi connectivity index (χ1v) is 6.17. The predicted octanol–water partition coefficient (Wildman–Crippen LogP) is 2.13. The third-order valence-electron chi connectivity index (χ3n) is 3.35. The van der Waals surface area contributed by atoms with Gasteiger partial charge in [-0.15, -0.1) is 0 Å². The topological polar surface area (TPSA) is 38.7 Å². The van der Waals surface area contributed by atoms with Crippen molar-refractivity contribution in [2.75, 3.05) is 7.11 Å². The average molecular weight is 236 g/mol. The van der Waals surface area contributed by atoms with Crippen molar-refractivity contribution in [2.24, 2.45) is 0 Å². The summed E-state index contributed by atoms with van der Waals surface area (Å²) in [5, 5.41) is 10.1. The van der Waals surface area contributed by atoms with Gasteiger partial charge in [-0.2, -0.15) is 0 Å². The van der Waals surface area contributed by atoms with Crippen molar-refractivity contribution in [1.82, 2.24) is 0 Å². The summed E-state index contributed by atoms with van der Waals surface area (Å²) in [4.78, 5) is 0. The van der Waals surface area contributed by atoms with E-state index in [-0.39, 0.29) is 12.2 Å². The largest absolute Gasteiger partial charge is 0.388 e. The molecular weight excluding hydrogens is 216 g/mol. The maximum atomic E-state index is 10.1. The Morgan fingerprint density at radius 1 is 1.18 bits per heavy atom. The molecule has 0 aromatic heterocycles. The monoisotopic (exact) mass is 236 g/mol. The molecule has 1 aromatic rings. The number of aliphatic hydroxyl groups is 1. The highest BCUT2D eigenvalue weighted by Gasteiger charge is 2.32. The second kappa shape index (κ2) is 6.15. The zero-order valence-corrected chi connectivity index (χ0v) is 10.2. The van der Waals surface area contributed by atoms with Gasteiger partial charge in [-0.3, -0.25) is 0 Å². The summed E-state index contributed by atoms with van der Waals surface area (Å²) < 4.78 is 11.0. The molecule has 1 aliphatic carbocycles. The zero-order valence-electron chi connectivity index (χ0n) is 10.2. The minimum Gasteiger partial charge on any atom is -0.388 e. The van der Waals surface area contributed by atoms with Gasteiger partial charge in [0, 0.05) is 7.11 Å². The SMILES string of the molecule is COC1CCCC(OCc2ccccc2)C1O. The number of rotatable bonds is 4. The van der Waals surface area contributed by atoms with Gasteiger partial charge >= 0.3 is 0 Å². The summed E-state index contributed by atoms with van der Waals surface area (Å²) in [7, 11) is 1.65. The summed E-state index contributed by atoms with van der Waals surface area (Å²) in [6.07, 6.45) is 2.20. The van der Waals surface area contributed by atoms with E-state index >= 15 is 0 Å². The van der Waals surface area contributed by atoms with E-state index in [9.17, 15) is 5.11 Å². The number of ether oxygens (including phenoxy) is 2. The third kappa shape index (κ3) is 3.28. The molecule has 0 spiro atoms. The van der Waals surface area contributed by atoms with Crippen molar-refractivity contribution in [1.29, 1.82) is 0 Å². The van der Waals surface area contributed by atoms with Crippen molar-refractivity contribution in [3.05, 3.63) is 35.9 Å². The van der Waals surface area contributed by atoms with Gasteiger partial charge in [-0.05, 0) is 24.8 Å². The minimum absolute atomic E-state index is 0.0791. The van der Waals surface area contributed by atoms with Crippen LogP contribution < -0.4 is 0 Å². The normalized spacial score (nSPS) is 29.2. The summed E-state index contributed by atoms with van der Waals surface area (Å²) in [5.74, 6) is 0. The van der Waals surface area contributed by atoms with Gasteiger partial charge in [0.25, 0.3) is 0 Å². The van der Waals surface area contributed by atoms with Crippen molar-refractivity contribution >= 4 is 0 Å². The first kappa shape index (κ1) is 12.6. The first-order chi connectivity index (χ1) is 8.31. The maximum absolute atomic E-state index is 10.1. The van der Waals surface area contributed by atoms with E-state index in [1.165, 1.54) is 0 Å². The number of methoxy groups -OCH3 is 1. The van der Waals surface area contributed by atoms with Crippen LogP contribution >= 0.6 is 0 Å². The van der Waals surface area contributed by atoms with E-state index < -0.39 is 6.10 Å². The molecule has 0 heterocycles. The summed E-state index contributed by atoms with van der Waals surface area (Å²) >= 11 is 0. The van der Waals surface area contributed by atoms with Crippen molar-refractivity contribution in [3.63, 3.8) is 0 Å². The number of hydrogen-bond donors (Lipinski definition) is 1. The number of benzene rings is 1. The summed E-state index contributed by atoms with van der Waals surface area (Å²) in [5.41, 5.74) is 1.14. The maximum Gasteiger partial charge on any atom is 0.106 e. The molecule has 1 aliphatic rings. The van der Waals surface area contributed by atoms with Crippen LogP contribution in [0.15, 0.2) is 30.3 Å². The van der Waals surface area contributed by atoms with E-state index in [0.29, 0.717) is 6.61 Å². The Labute approximate surface area is 102 Å². The lowest BCUT2D eigenvalue weighted by atomic mass is 9.92. The van der Waals surface area contributed by atoms with Gasteiger partial charge in [-0.25, -0.2) is 0 Å². The van der Waals surface area contributed by atoms with Crippen LogP contribution in [-0.2, 0) is 16.1 Å². The molecule has 17 heavy (non-hydrogen) atoms. The van der Waals surface area contributed by atoms with Crippen LogP contribution in [-0.4, -0.2) is 30.5 Å². The molecule has 2 rings (SSSR count). The molecule has 3 atom stereocenters. The van der Waals surface area contributed by atoms with E-state index in [2.05, 4.69) is 0 Å². The van der Waals surface area contributed by atoms with E-state index in [4.69, 9.17) is 9.47 Å². The Hall–Kier alpha value is -0.900. The molecule has 1 fully saturated rings. The molecule has 3 nitrogen and oxygen atoms in total. The second-order valence-electron chi connectivity index (χ2n) is 4.53. The highest BCUT2D eigenvalue weighted by molar-refractivity contribution is 5.13. The van der Waals surface area contributed by atoms with E-state index in [1.807, 2.05) is 30.3 Å². The highest BCUT2D eigenvalue weighted by Crippen LogP contribution is 2.24. The fraction of sp³-hybridized carbons (Fsp3) is 0.571. The summed E-state index contributed by atoms with van der Waals surface area (Å²) in [6, 6.07) is 10.0. The molecule has 1 aromatic carbocycles. The molecule has 0 radical (unpaired) electrons. The van der Waals surface area contributed by atoms with Gasteiger partial charge in [0.1, 0.15) is 6.10 Å². The van der Waals surface area contributed by atoms with Gasteiger partial charge < -0.3 is 14.6 Å². The van der Waals surface area contributed by atoms with Crippen molar-refractivity contribution < 1.29 is 14.6 Å². The van der Waals surface area contributed by atoms with Crippen LogP contribution in [0.2, 0.25) is 0 Å². The Morgan fingerprint density at radius 3 is 2.59 bits per heavy atom. The molecule has 3 heteroatoms. The van der Waals surface area contributed by atoms with E-state index in [0.717, 1.165) is 24.8 Å². The fourth-order valence-electron chi connectivity index (χ4n) is 2.32.